The number of fused-ring (bicyclic) bond motifs is 1. The normalized spacial score (nSPS) is 20.1. The topological polar surface area (TPSA) is 58.2 Å². The standard InChI is InChI=1S/C27H29Cl2N3O2/c1-16(2)34-20-8-6-17(7-9-20)19-13-23(28)21(24(29)14-19)12-18-10-11-32(27(18)33)26-5-3-4-25-22(26)15-30-31-25/h6-9,13-16,18,26H,3-5,10-12H2,1-2H3,(H,30,31). The number of carbonyl (C=O) groups excluding carboxylic acids is 1. The van der Waals surface area contributed by atoms with Gasteiger partial charge in [-0.1, -0.05) is 35.3 Å². The van der Waals surface area contributed by atoms with Crippen molar-refractivity contribution in [2.75, 3.05) is 6.54 Å². The molecule has 34 heavy (non-hydrogen) atoms. The number of aromatic nitrogens is 2. The lowest BCUT2D eigenvalue weighted by Gasteiger charge is -2.31. The van der Waals surface area contributed by atoms with Crippen LogP contribution in [0.15, 0.2) is 42.6 Å². The summed E-state index contributed by atoms with van der Waals surface area (Å²) in [5.41, 5.74) is 5.15. The number of rotatable bonds is 6. The van der Waals surface area contributed by atoms with Gasteiger partial charge in [-0.25, -0.2) is 0 Å². The highest BCUT2D eigenvalue weighted by molar-refractivity contribution is 6.36. The number of nitrogens with zero attached hydrogens (tertiary/aromatic N) is 2. The Morgan fingerprint density at radius 1 is 1.12 bits per heavy atom. The van der Waals surface area contributed by atoms with E-state index in [1.54, 1.807) is 0 Å². The third kappa shape index (κ3) is 4.56. The highest BCUT2D eigenvalue weighted by atomic mass is 35.5. The van der Waals surface area contributed by atoms with E-state index in [0.717, 1.165) is 60.4 Å². The van der Waals surface area contributed by atoms with Gasteiger partial charge in [-0.3, -0.25) is 9.89 Å². The highest BCUT2D eigenvalue weighted by Gasteiger charge is 2.39. The number of aromatic amines is 1. The molecule has 178 valence electrons. The molecule has 1 aliphatic carbocycles. The second-order valence-electron chi connectivity index (χ2n) is 9.54. The van der Waals surface area contributed by atoms with E-state index in [9.17, 15) is 4.79 Å². The molecule has 2 heterocycles. The molecule has 0 radical (unpaired) electrons. The Hall–Kier alpha value is -2.50. The number of ether oxygens (including phenoxy) is 1. The van der Waals surface area contributed by atoms with Crippen molar-refractivity contribution in [1.82, 2.24) is 15.1 Å². The Morgan fingerprint density at radius 3 is 2.56 bits per heavy atom. The molecular weight excluding hydrogens is 469 g/mol. The van der Waals surface area contributed by atoms with Gasteiger partial charge in [-0.2, -0.15) is 5.10 Å². The van der Waals surface area contributed by atoms with Crippen LogP contribution in [0.4, 0.5) is 0 Å². The van der Waals surface area contributed by atoms with Crippen LogP contribution in [0, 0.1) is 5.92 Å². The van der Waals surface area contributed by atoms with E-state index < -0.39 is 0 Å². The predicted octanol–water partition coefficient (Wildman–Crippen LogP) is 6.64. The first kappa shape index (κ1) is 23.3. The fourth-order valence-corrected chi connectivity index (χ4v) is 5.87. The van der Waals surface area contributed by atoms with Crippen molar-refractivity contribution in [2.45, 2.75) is 58.1 Å². The van der Waals surface area contributed by atoms with E-state index in [4.69, 9.17) is 27.9 Å². The largest absolute Gasteiger partial charge is 0.491 e. The van der Waals surface area contributed by atoms with Crippen LogP contribution in [0.3, 0.4) is 0 Å². The molecule has 2 aromatic carbocycles. The van der Waals surface area contributed by atoms with Gasteiger partial charge in [0.05, 0.1) is 18.3 Å². The minimum absolute atomic E-state index is 0.106. The van der Waals surface area contributed by atoms with Crippen molar-refractivity contribution in [1.29, 1.82) is 0 Å². The summed E-state index contributed by atoms with van der Waals surface area (Å²) in [6, 6.07) is 11.9. The van der Waals surface area contributed by atoms with Gasteiger partial charge in [-0.15, -0.1) is 0 Å². The molecule has 5 rings (SSSR count). The summed E-state index contributed by atoms with van der Waals surface area (Å²) in [5, 5.41) is 8.50. The Labute approximate surface area is 210 Å². The summed E-state index contributed by atoms with van der Waals surface area (Å²) in [6.07, 6.45) is 6.44. The minimum atomic E-state index is -0.106. The van der Waals surface area contributed by atoms with E-state index in [1.807, 2.05) is 61.3 Å². The first-order valence-corrected chi connectivity index (χ1v) is 12.7. The maximum atomic E-state index is 13.4. The van der Waals surface area contributed by atoms with E-state index in [1.165, 1.54) is 5.56 Å². The Kier molecular flexibility index (Phi) is 6.59. The van der Waals surface area contributed by atoms with Crippen LogP contribution in [-0.4, -0.2) is 33.7 Å². The zero-order valence-corrected chi connectivity index (χ0v) is 21.0. The second kappa shape index (κ2) is 9.63. The van der Waals surface area contributed by atoms with Gasteiger partial charge in [0.15, 0.2) is 0 Å². The van der Waals surface area contributed by atoms with Gasteiger partial charge in [0, 0.05) is 33.8 Å². The zero-order chi connectivity index (χ0) is 23.8. The van der Waals surface area contributed by atoms with Gasteiger partial charge in [0.1, 0.15) is 5.75 Å². The minimum Gasteiger partial charge on any atom is -0.491 e. The molecule has 0 saturated carbocycles. The van der Waals surface area contributed by atoms with Gasteiger partial charge >= 0.3 is 0 Å². The first-order valence-electron chi connectivity index (χ1n) is 12.0. The summed E-state index contributed by atoms with van der Waals surface area (Å²) < 4.78 is 5.73. The summed E-state index contributed by atoms with van der Waals surface area (Å²) in [4.78, 5) is 15.4. The van der Waals surface area contributed by atoms with Crippen molar-refractivity contribution < 1.29 is 9.53 Å². The van der Waals surface area contributed by atoms with E-state index in [0.29, 0.717) is 16.5 Å². The molecule has 5 nitrogen and oxygen atoms in total. The molecule has 1 saturated heterocycles. The number of nitrogens with one attached hydrogen (secondary N) is 1. The van der Waals surface area contributed by atoms with Crippen molar-refractivity contribution in [3.63, 3.8) is 0 Å². The monoisotopic (exact) mass is 497 g/mol. The fourth-order valence-electron chi connectivity index (χ4n) is 5.23. The maximum Gasteiger partial charge on any atom is 0.226 e. The van der Waals surface area contributed by atoms with Crippen LogP contribution < -0.4 is 4.74 Å². The molecule has 2 unspecified atom stereocenters. The Morgan fingerprint density at radius 2 is 1.85 bits per heavy atom. The molecule has 1 fully saturated rings. The number of halogens is 2. The molecule has 3 aromatic rings. The molecule has 0 bridgehead atoms. The molecule has 1 aliphatic heterocycles. The first-order chi connectivity index (χ1) is 16.4. The average molecular weight is 498 g/mol. The molecule has 2 aliphatic rings. The third-order valence-corrected chi connectivity index (χ3v) is 7.57. The average Bonchev–Trinajstić information content (AvgIpc) is 3.43. The number of hydrogen-bond donors (Lipinski definition) is 1. The van der Waals surface area contributed by atoms with Gasteiger partial charge < -0.3 is 9.64 Å². The van der Waals surface area contributed by atoms with Gasteiger partial charge in [0.25, 0.3) is 0 Å². The van der Waals surface area contributed by atoms with Gasteiger partial charge in [-0.05, 0) is 86.9 Å². The number of carbonyl (C=O) groups is 1. The fraction of sp³-hybridized carbons (Fsp3) is 0.407. The van der Waals surface area contributed by atoms with Crippen LogP contribution in [0.2, 0.25) is 10.0 Å². The summed E-state index contributed by atoms with van der Waals surface area (Å²) in [6.45, 7) is 4.77. The smallest absolute Gasteiger partial charge is 0.226 e. The zero-order valence-electron chi connectivity index (χ0n) is 19.5. The lowest BCUT2D eigenvalue weighted by molar-refractivity contribution is -0.133. The SMILES string of the molecule is CC(C)Oc1ccc(-c2cc(Cl)c(CC3CCN(C4CCCc5[nH]ncc54)C3=O)c(Cl)c2)cc1. The van der Waals surface area contributed by atoms with Crippen LogP contribution in [-0.2, 0) is 17.6 Å². The van der Waals surface area contributed by atoms with E-state index in [2.05, 4.69) is 10.2 Å². The molecule has 0 spiro atoms. The van der Waals surface area contributed by atoms with E-state index >= 15 is 0 Å². The van der Waals surface area contributed by atoms with Crippen LogP contribution >= 0.6 is 23.2 Å². The summed E-state index contributed by atoms with van der Waals surface area (Å²) in [5.74, 6) is 0.916. The number of benzene rings is 2. The molecule has 1 amide bonds. The third-order valence-electron chi connectivity index (χ3n) is 6.89. The lowest BCUT2D eigenvalue weighted by Crippen LogP contribution is -2.34. The number of hydrogen-bond acceptors (Lipinski definition) is 3. The molecule has 2 atom stereocenters. The summed E-state index contributed by atoms with van der Waals surface area (Å²) in [7, 11) is 0. The maximum absolute atomic E-state index is 13.4. The number of H-pyrrole nitrogens is 1. The summed E-state index contributed by atoms with van der Waals surface area (Å²) >= 11 is 13.4. The van der Waals surface area contributed by atoms with Crippen molar-refractivity contribution in [3.8, 4) is 16.9 Å². The highest BCUT2D eigenvalue weighted by Crippen LogP contribution is 2.40. The lowest BCUT2D eigenvalue weighted by atomic mass is 9.91. The van der Waals surface area contributed by atoms with Crippen molar-refractivity contribution >= 4 is 29.1 Å². The number of likely N-dealkylation sites (tertiary alicyclic amines) is 1. The van der Waals surface area contributed by atoms with Crippen LogP contribution in [0.5, 0.6) is 5.75 Å². The quantitative estimate of drug-likeness (QED) is 0.415. The predicted molar refractivity (Wildman–Crippen MR) is 135 cm³/mol. The molecule has 7 heteroatoms. The molecular formula is C27H29Cl2N3O2. The number of aryl methyl sites for hydroxylation is 1. The number of amides is 1. The molecule has 1 aromatic heterocycles. The second-order valence-corrected chi connectivity index (χ2v) is 10.4. The van der Waals surface area contributed by atoms with Gasteiger partial charge in [0.2, 0.25) is 5.91 Å². The Balaban J connectivity index is 1.31. The van der Waals surface area contributed by atoms with Crippen LogP contribution in [0.1, 0.15) is 56.0 Å². The van der Waals surface area contributed by atoms with Crippen molar-refractivity contribution in [3.05, 3.63) is 69.5 Å². The Bertz CT molecular complexity index is 1170. The molecule has 1 N–H and O–H groups in total. The van der Waals surface area contributed by atoms with Crippen molar-refractivity contribution in [2.24, 2.45) is 5.92 Å². The van der Waals surface area contributed by atoms with E-state index in [-0.39, 0.29) is 24.0 Å². The van der Waals surface area contributed by atoms with Crippen LogP contribution in [0.25, 0.3) is 11.1 Å².